The molecule has 23 heavy (non-hydrogen) atoms. The lowest BCUT2D eigenvalue weighted by atomic mass is 9.94. The number of benzene rings is 3. The fraction of sp³-hybridized carbons (Fsp3) is 0.0909. The third kappa shape index (κ3) is 2.35. The summed E-state index contributed by atoms with van der Waals surface area (Å²) in [6.45, 7) is 4.28. The largest absolute Gasteiger partial charge is 0.489 e. The minimum Gasteiger partial charge on any atom is -0.489 e. The van der Waals surface area contributed by atoms with Gasteiger partial charge >= 0.3 is 0 Å². The molecule has 0 amide bonds. The van der Waals surface area contributed by atoms with Crippen molar-refractivity contribution in [3.63, 3.8) is 0 Å². The van der Waals surface area contributed by atoms with E-state index in [0.717, 1.165) is 12.2 Å². The van der Waals surface area contributed by atoms with Crippen LogP contribution < -0.4 is 4.74 Å². The Hall–Kier alpha value is -2.80. The monoisotopic (exact) mass is 298 g/mol. The van der Waals surface area contributed by atoms with Crippen LogP contribution in [0.2, 0.25) is 0 Å². The minimum atomic E-state index is 0.519. The SMILES string of the molecule is C=CCOc1ccc2c(c1-c1ccccc1)Cc1ccccc1-2. The summed E-state index contributed by atoms with van der Waals surface area (Å²) in [5, 5.41) is 0. The Morgan fingerprint density at radius 1 is 0.870 bits per heavy atom. The van der Waals surface area contributed by atoms with Crippen molar-refractivity contribution in [2.24, 2.45) is 0 Å². The van der Waals surface area contributed by atoms with E-state index in [0.29, 0.717) is 6.61 Å². The topological polar surface area (TPSA) is 9.23 Å². The molecule has 0 heterocycles. The summed E-state index contributed by atoms with van der Waals surface area (Å²) in [6.07, 6.45) is 2.75. The van der Waals surface area contributed by atoms with Gasteiger partial charge in [0.15, 0.2) is 0 Å². The molecule has 0 saturated carbocycles. The van der Waals surface area contributed by atoms with Crippen molar-refractivity contribution in [1.29, 1.82) is 0 Å². The molecule has 0 radical (unpaired) electrons. The minimum absolute atomic E-state index is 0.519. The Labute approximate surface area is 136 Å². The van der Waals surface area contributed by atoms with Crippen LogP contribution in [0.15, 0.2) is 79.4 Å². The summed E-state index contributed by atoms with van der Waals surface area (Å²) in [6, 6.07) is 23.4. The molecule has 0 saturated heterocycles. The fourth-order valence-corrected chi connectivity index (χ4v) is 3.38. The lowest BCUT2D eigenvalue weighted by Gasteiger charge is -2.15. The standard InChI is InChI=1S/C22H18O/c1-2-14-23-21-13-12-19-18-11-7-6-10-17(18)15-20(19)22(21)16-8-4-3-5-9-16/h2-13H,1,14-15H2. The van der Waals surface area contributed by atoms with E-state index in [1.165, 1.54) is 33.4 Å². The molecule has 0 aliphatic heterocycles. The quantitative estimate of drug-likeness (QED) is 0.453. The average molecular weight is 298 g/mol. The Balaban J connectivity index is 1.93. The number of fused-ring (bicyclic) bond motifs is 3. The van der Waals surface area contributed by atoms with Crippen LogP contribution in [0.25, 0.3) is 22.3 Å². The fourth-order valence-electron chi connectivity index (χ4n) is 3.38. The molecule has 0 atom stereocenters. The van der Waals surface area contributed by atoms with E-state index < -0.39 is 0 Å². The first kappa shape index (κ1) is 13.8. The van der Waals surface area contributed by atoms with Gasteiger partial charge in [0.25, 0.3) is 0 Å². The van der Waals surface area contributed by atoms with E-state index in [9.17, 15) is 0 Å². The first-order valence-corrected chi connectivity index (χ1v) is 7.92. The summed E-state index contributed by atoms with van der Waals surface area (Å²) in [4.78, 5) is 0. The molecule has 1 heteroatoms. The smallest absolute Gasteiger partial charge is 0.127 e. The van der Waals surface area contributed by atoms with Gasteiger partial charge in [-0.3, -0.25) is 0 Å². The van der Waals surface area contributed by atoms with Crippen LogP contribution in [0.1, 0.15) is 11.1 Å². The van der Waals surface area contributed by atoms with Crippen molar-refractivity contribution in [3.8, 4) is 28.0 Å². The highest BCUT2D eigenvalue weighted by Gasteiger charge is 2.24. The Morgan fingerprint density at radius 2 is 1.65 bits per heavy atom. The van der Waals surface area contributed by atoms with Gasteiger partial charge in [-0.2, -0.15) is 0 Å². The number of hydrogen-bond donors (Lipinski definition) is 0. The van der Waals surface area contributed by atoms with Gasteiger partial charge in [0.05, 0.1) is 0 Å². The van der Waals surface area contributed by atoms with E-state index >= 15 is 0 Å². The van der Waals surface area contributed by atoms with Crippen molar-refractivity contribution < 1.29 is 4.74 Å². The molecule has 0 bridgehead atoms. The molecule has 0 unspecified atom stereocenters. The number of ether oxygens (including phenoxy) is 1. The Kier molecular flexibility index (Phi) is 3.47. The molecule has 4 rings (SSSR count). The third-order valence-electron chi connectivity index (χ3n) is 4.37. The highest BCUT2D eigenvalue weighted by Crippen LogP contribution is 2.45. The first-order valence-electron chi connectivity index (χ1n) is 7.92. The van der Waals surface area contributed by atoms with Crippen LogP contribution in [0.4, 0.5) is 0 Å². The summed E-state index contributed by atoms with van der Waals surface area (Å²) < 4.78 is 5.95. The Morgan fingerprint density at radius 3 is 2.48 bits per heavy atom. The van der Waals surface area contributed by atoms with Crippen LogP contribution in [-0.4, -0.2) is 6.61 Å². The second kappa shape index (κ2) is 5.77. The van der Waals surface area contributed by atoms with Crippen molar-refractivity contribution in [2.75, 3.05) is 6.61 Å². The zero-order chi connectivity index (χ0) is 15.6. The maximum Gasteiger partial charge on any atom is 0.127 e. The molecule has 0 spiro atoms. The molecule has 1 nitrogen and oxygen atoms in total. The summed E-state index contributed by atoms with van der Waals surface area (Å²) in [5.41, 5.74) is 7.83. The molecule has 0 fully saturated rings. The molecule has 0 N–H and O–H groups in total. The maximum absolute atomic E-state index is 5.95. The summed E-state index contributed by atoms with van der Waals surface area (Å²) in [7, 11) is 0. The zero-order valence-electron chi connectivity index (χ0n) is 13.0. The number of rotatable bonds is 4. The van der Waals surface area contributed by atoms with Gasteiger partial charge in [0, 0.05) is 5.56 Å². The molecular formula is C22H18O. The van der Waals surface area contributed by atoms with E-state index in [4.69, 9.17) is 4.74 Å². The van der Waals surface area contributed by atoms with Crippen LogP contribution in [0, 0.1) is 0 Å². The van der Waals surface area contributed by atoms with E-state index in [-0.39, 0.29) is 0 Å². The van der Waals surface area contributed by atoms with E-state index in [2.05, 4.69) is 67.2 Å². The molecule has 1 aliphatic carbocycles. The van der Waals surface area contributed by atoms with Crippen LogP contribution in [0.3, 0.4) is 0 Å². The highest BCUT2D eigenvalue weighted by atomic mass is 16.5. The van der Waals surface area contributed by atoms with Crippen molar-refractivity contribution in [1.82, 2.24) is 0 Å². The normalized spacial score (nSPS) is 11.7. The van der Waals surface area contributed by atoms with E-state index in [1.54, 1.807) is 6.08 Å². The average Bonchev–Trinajstić information content (AvgIpc) is 2.98. The van der Waals surface area contributed by atoms with Gasteiger partial charge in [0.2, 0.25) is 0 Å². The molecule has 3 aromatic carbocycles. The van der Waals surface area contributed by atoms with Gasteiger partial charge in [-0.15, -0.1) is 0 Å². The predicted octanol–water partition coefficient (Wildman–Crippen LogP) is 5.49. The third-order valence-corrected chi connectivity index (χ3v) is 4.37. The molecule has 3 aromatic rings. The molecule has 0 aromatic heterocycles. The van der Waals surface area contributed by atoms with Crippen LogP contribution >= 0.6 is 0 Å². The zero-order valence-corrected chi connectivity index (χ0v) is 13.0. The van der Waals surface area contributed by atoms with E-state index in [1.807, 2.05) is 6.07 Å². The maximum atomic E-state index is 5.95. The predicted molar refractivity (Wildman–Crippen MR) is 95.8 cm³/mol. The van der Waals surface area contributed by atoms with Crippen molar-refractivity contribution >= 4 is 0 Å². The molecule has 112 valence electrons. The van der Waals surface area contributed by atoms with Gasteiger partial charge < -0.3 is 4.74 Å². The van der Waals surface area contributed by atoms with Crippen LogP contribution in [0.5, 0.6) is 5.75 Å². The summed E-state index contributed by atoms with van der Waals surface area (Å²) >= 11 is 0. The lowest BCUT2D eigenvalue weighted by Crippen LogP contribution is -1.98. The lowest BCUT2D eigenvalue weighted by molar-refractivity contribution is 0.364. The Bertz CT molecular complexity index is 862. The van der Waals surface area contributed by atoms with Crippen LogP contribution in [-0.2, 0) is 6.42 Å². The first-order chi connectivity index (χ1) is 11.4. The van der Waals surface area contributed by atoms with Gasteiger partial charge in [-0.05, 0) is 40.3 Å². The summed E-state index contributed by atoms with van der Waals surface area (Å²) in [5.74, 6) is 0.933. The highest BCUT2D eigenvalue weighted by molar-refractivity contribution is 5.87. The molecule has 1 aliphatic rings. The van der Waals surface area contributed by atoms with Crippen molar-refractivity contribution in [2.45, 2.75) is 6.42 Å². The number of hydrogen-bond acceptors (Lipinski definition) is 1. The van der Waals surface area contributed by atoms with Gasteiger partial charge in [-0.25, -0.2) is 0 Å². The van der Waals surface area contributed by atoms with Gasteiger partial charge in [0.1, 0.15) is 12.4 Å². The second-order valence-electron chi connectivity index (χ2n) is 5.76. The van der Waals surface area contributed by atoms with Crippen molar-refractivity contribution in [3.05, 3.63) is 90.5 Å². The van der Waals surface area contributed by atoms with Gasteiger partial charge in [-0.1, -0.05) is 73.3 Å². The second-order valence-corrected chi connectivity index (χ2v) is 5.76. The molecular weight excluding hydrogens is 280 g/mol.